The number of halogens is 1. The standard InChI is InChI=1S/C18H20ClN3/c1-13-6-7-17-16(10-13)21-18(8-9-20-2)22(17)12-14-4-3-5-15(19)11-14/h3-7,10-11,20H,8-9,12H2,1-2H3. The molecule has 2 aromatic carbocycles. The number of imidazole rings is 1. The molecule has 0 atom stereocenters. The van der Waals surface area contributed by atoms with Gasteiger partial charge < -0.3 is 9.88 Å². The van der Waals surface area contributed by atoms with Gasteiger partial charge in [0.05, 0.1) is 11.0 Å². The summed E-state index contributed by atoms with van der Waals surface area (Å²) in [6.07, 6.45) is 0.908. The van der Waals surface area contributed by atoms with Gasteiger partial charge >= 0.3 is 0 Å². The van der Waals surface area contributed by atoms with E-state index in [1.807, 2.05) is 25.2 Å². The second-order valence-electron chi connectivity index (χ2n) is 5.59. The first kappa shape index (κ1) is 15.1. The Morgan fingerprint density at radius 1 is 1.18 bits per heavy atom. The van der Waals surface area contributed by atoms with Crippen molar-refractivity contribution in [1.82, 2.24) is 14.9 Å². The molecule has 0 radical (unpaired) electrons. The van der Waals surface area contributed by atoms with Gasteiger partial charge in [0.25, 0.3) is 0 Å². The van der Waals surface area contributed by atoms with Crippen LogP contribution in [0.15, 0.2) is 42.5 Å². The first-order valence-electron chi connectivity index (χ1n) is 7.52. The van der Waals surface area contributed by atoms with Gasteiger partial charge in [-0.3, -0.25) is 0 Å². The number of aromatic nitrogens is 2. The van der Waals surface area contributed by atoms with E-state index in [0.29, 0.717) is 0 Å². The maximum Gasteiger partial charge on any atom is 0.111 e. The molecule has 0 bridgehead atoms. The van der Waals surface area contributed by atoms with E-state index >= 15 is 0 Å². The second-order valence-corrected chi connectivity index (χ2v) is 6.03. The third kappa shape index (κ3) is 3.16. The zero-order valence-electron chi connectivity index (χ0n) is 12.9. The Hall–Kier alpha value is -1.84. The van der Waals surface area contributed by atoms with E-state index in [4.69, 9.17) is 16.6 Å². The van der Waals surface area contributed by atoms with Crippen LogP contribution < -0.4 is 5.32 Å². The maximum atomic E-state index is 6.11. The minimum Gasteiger partial charge on any atom is -0.323 e. The third-order valence-electron chi connectivity index (χ3n) is 3.81. The van der Waals surface area contributed by atoms with Crippen molar-refractivity contribution in [2.24, 2.45) is 0 Å². The molecule has 0 spiro atoms. The third-order valence-corrected chi connectivity index (χ3v) is 4.05. The molecule has 3 rings (SSSR count). The molecule has 0 amide bonds. The molecule has 1 heterocycles. The van der Waals surface area contributed by atoms with Crippen LogP contribution in [0, 0.1) is 6.92 Å². The van der Waals surface area contributed by atoms with E-state index in [0.717, 1.165) is 35.9 Å². The number of benzene rings is 2. The molecule has 0 aliphatic rings. The molecular weight excluding hydrogens is 294 g/mol. The maximum absolute atomic E-state index is 6.11. The highest BCUT2D eigenvalue weighted by Crippen LogP contribution is 2.21. The zero-order valence-corrected chi connectivity index (χ0v) is 13.7. The lowest BCUT2D eigenvalue weighted by Crippen LogP contribution is -2.14. The van der Waals surface area contributed by atoms with Gasteiger partial charge in [0.1, 0.15) is 5.82 Å². The van der Waals surface area contributed by atoms with Gasteiger partial charge in [0.15, 0.2) is 0 Å². The van der Waals surface area contributed by atoms with E-state index in [-0.39, 0.29) is 0 Å². The van der Waals surface area contributed by atoms with Crippen LogP contribution in [0.5, 0.6) is 0 Å². The lowest BCUT2D eigenvalue weighted by atomic mass is 10.2. The number of fused-ring (bicyclic) bond motifs is 1. The second kappa shape index (κ2) is 6.51. The summed E-state index contributed by atoms with van der Waals surface area (Å²) in [6, 6.07) is 14.5. The Kier molecular flexibility index (Phi) is 4.46. The van der Waals surface area contributed by atoms with Crippen LogP contribution in [-0.2, 0) is 13.0 Å². The van der Waals surface area contributed by atoms with Crippen molar-refractivity contribution in [1.29, 1.82) is 0 Å². The molecular formula is C18H20ClN3. The Bertz CT molecular complexity index is 792. The van der Waals surface area contributed by atoms with Crippen LogP contribution in [0.2, 0.25) is 5.02 Å². The molecule has 4 heteroatoms. The molecule has 3 nitrogen and oxygen atoms in total. The summed E-state index contributed by atoms with van der Waals surface area (Å²) < 4.78 is 2.29. The van der Waals surface area contributed by atoms with Crippen LogP contribution >= 0.6 is 11.6 Å². The molecule has 0 saturated heterocycles. The van der Waals surface area contributed by atoms with Crippen LogP contribution in [0.1, 0.15) is 17.0 Å². The van der Waals surface area contributed by atoms with E-state index in [1.54, 1.807) is 0 Å². The Balaban J connectivity index is 2.04. The molecule has 1 aromatic heterocycles. The topological polar surface area (TPSA) is 29.9 Å². The summed E-state index contributed by atoms with van der Waals surface area (Å²) in [5, 5.41) is 3.97. The monoisotopic (exact) mass is 313 g/mol. The van der Waals surface area contributed by atoms with Gasteiger partial charge in [0, 0.05) is 24.5 Å². The number of nitrogens with one attached hydrogen (secondary N) is 1. The molecule has 0 unspecified atom stereocenters. The predicted octanol–water partition coefficient (Wildman–Crippen LogP) is 3.81. The van der Waals surface area contributed by atoms with Crippen molar-refractivity contribution in [3.8, 4) is 0 Å². The van der Waals surface area contributed by atoms with Crippen LogP contribution in [0.3, 0.4) is 0 Å². The largest absolute Gasteiger partial charge is 0.323 e. The minimum atomic E-state index is 0.773. The highest BCUT2D eigenvalue weighted by molar-refractivity contribution is 6.30. The number of aryl methyl sites for hydroxylation is 1. The van der Waals surface area contributed by atoms with Crippen LogP contribution in [0.25, 0.3) is 11.0 Å². The molecule has 0 aliphatic heterocycles. The smallest absolute Gasteiger partial charge is 0.111 e. The highest BCUT2D eigenvalue weighted by Gasteiger charge is 2.11. The van der Waals surface area contributed by atoms with Crippen LogP contribution in [0.4, 0.5) is 0 Å². The van der Waals surface area contributed by atoms with Crippen molar-refractivity contribution in [3.63, 3.8) is 0 Å². The van der Waals surface area contributed by atoms with Crippen molar-refractivity contribution in [2.45, 2.75) is 19.9 Å². The Labute approximate surface area is 135 Å². The molecule has 3 aromatic rings. The number of hydrogen-bond donors (Lipinski definition) is 1. The molecule has 0 fully saturated rings. The molecule has 22 heavy (non-hydrogen) atoms. The number of rotatable bonds is 5. The van der Waals surface area contributed by atoms with E-state index < -0.39 is 0 Å². The summed E-state index contributed by atoms with van der Waals surface area (Å²) in [7, 11) is 1.97. The SMILES string of the molecule is CNCCc1nc2cc(C)ccc2n1Cc1cccc(Cl)c1. The quantitative estimate of drug-likeness (QED) is 0.776. The average Bonchev–Trinajstić information content (AvgIpc) is 2.82. The average molecular weight is 314 g/mol. The van der Waals surface area contributed by atoms with Crippen LogP contribution in [-0.4, -0.2) is 23.1 Å². The van der Waals surface area contributed by atoms with Gasteiger partial charge in [-0.25, -0.2) is 4.98 Å². The van der Waals surface area contributed by atoms with E-state index in [2.05, 4.69) is 41.1 Å². The van der Waals surface area contributed by atoms with Gasteiger partial charge in [-0.2, -0.15) is 0 Å². The molecule has 1 N–H and O–H groups in total. The molecule has 0 saturated carbocycles. The molecule has 0 aliphatic carbocycles. The van der Waals surface area contributed by atoms with Gasteiger partial charge in [-0.15, -0.1) is 0 Å². The summed E-state index contributed by atoms with van der Waals surface area (Å²) in [4.78, 5) is 4.82. The van der Waals surface area contributed by atoms with Crippen molar-refractivity contribution in [2.75, 3.05) is 13.6 Å². The summed E-state index contributed by atoms with van der Waals surface area (Å²) in [6.45, 7) is 3.81. The van der Waals surface area contributed by atoms with Gasteiger partial charge in [-0.1, -0.05) is 29.8 Å². The first-order chi connectivity index (χ1) is 10.7. The summed E-state index contributed by atoms with van der Waals surface area (Å²) in [5.41, 5.74) is 4.67. The number of hydrogen-bond acceptors (Lipinski definition) is 2. The van der Waals surface area contributed by atoms with E-state index in [1.165, 1.54) is 16.6 Å². The first-order valence-corrected chi connectivity index (χ1v) is 7.90. The fraction of sp³-hybridized carbons (Fsp3) is 0.278. The fourth-order valence-corrected chi connectivity index (χ4v) is 2.92. The minimum absolute atomic E-state index is 0.773. The number of likely N-dealkylation sites (N-methyl/N-ethyl adjacent to an activating group) is 1. The number of nitrogens with zero attached hydrogens (tertiary/aromatic N) is 2. The lowest BCUT2D eigenvalue weighted by molar-refractivity contribution is 0.696. The fourth-order valence-electron chi connectivity index (χ4n) is 2.71. The van der Waals surface area contributed by atoms with Gasteiger partial charge in [0.2, 0.25) is 0 Å². The predicted molar refractivity (Wildman–Crippen MR) is 92.7 cm³/mol. The van der Waals surface area contributed by atoms with Gasteiger partial charge in [-0.05, 0) is 49.4 Å². The summed E-state index contributed by atoms with van der Waals surface area (Å²) >= 11 is 6.11. The normalized spacial score (nSPS) is 11.2. The van der Waals surface area contributed by atoms with Crippen molar-refractivity contribution in [3.05, 3.63) is 64.4 Å². The highest BCUT2D eigenvalue weighted by atomic mass is 35.5. The Morgan fingerprint density at radius 2 is 2.05 bits per heavy atom. The van der Waals surface area contributed by atoms with E-state index in [9.17, 15) is 0 Å². The van der Waals surface area contributed by atoms with Crippen molar-refractivity contribution >= 4 is 22.6 Å². The summed E-state index contributed by atoms with van der Waals surface area (Å²) in [5.74, 6) is 1.11. The Morgan fingerprint density at radius 3 is 2.82 bits per heavy atom. The zero-order chi connectivity index (χ0) is 15.5. The lowest BCUT2D eigenvalue weighted by Gasteiger charge is -2.10. The van der Waals surface area contributed by atoms with Crippen molar-refractivity contribution < 1.29 is 0 Å². The molecule has 114 valence electrons.